The van der Waals surface area contributed by atoms with Crippen molar-refractivity contribution in [3.63, 3.8) is 0 Å². The summed E-state index contributed by atoms with van der Waals surface area (Å²) in [5.41, 5.74) is 2.78. The lowest BCUT2D eigenvalue weighted by Crippen LogP contribution is -2.67. The lowest BCUT2D eigenvalue weighted by atomic mass is 9.71. The lowest BCUT2D eigenvalue weighted by molar-refractivity contribution is -0.160. The zero-order chi connectivity index (χ0) is 23.2. The number of likely N-dealkylation sites (N-methyl/N-ethyl adjacent to an activating group) is 1. The second-order valence-electron chi connectivity index (χ2n) is 9.31. The largest absolute Gasteiger partial charge is 0.501 e. The van der Waals surface area contributed by atoms with Gasteiger partial charge in [0.1, 0.15) is 12.3 Å². The molecule has 0 aromatic heterocycles. The third-order valence-corrected chi connectivity index (χ3v) is 6.98. The Morgan fingerprint density at radius 2 is 1.78 bits per heavy atom. The standard InChI is InChI=1S/C24H31N3O5/c1-14-11-15(2)13-17(12-14)24(7-5-6-8-24)20(32-16(3)28)21-25-22(30)19(29)18-23(31)26(4)9-10-27(18)21/h11-13,20-21,29H,5-10H2,1-4H3,(H,25,30). The monoisotopic (exact) mass is 441 g/mol. The fraction of sp³-hybridized carbons (Fsp3) is 0.542. The number of carbonyl (C=O) groups excluding carboxylic acids is 3. The van der Waals surface area contributed by atoms with Gasteiger partial charge < -0.3 is 25.0 Å². The second kappa shape index (κ2) is 8.15. The van der Waals surface area contributed by atoms with E-state index in [1.165, 1.54) is 11.8 Å². The summed E-state index contributed by atoms with van der Waals surface area (Å²) in [7, 11) is 1.64. The van der Waals surface area contributed by atoms with Crippen LogP contribution in [0.1, 0.15) is 49.3 Å². The predicted molar refractivity (Wildman–Crippen MR) is 118 cm³/mol. The summed E-state index contributed by atoms with van der Waals surface area (Å²) >= 11 is 0. The molecular formula is C24H31N3O5. The Morgan fingerprint density at radius 3 is 2.38 bits per heavy atom. The molecule has 2 aliphatic heterocycles. The van der Waals surface area contributed by atoms with E-state index in [9.17, 15) is 19.5 Å². The van der Waals surface area contributed by atoms with Crippen LogP contribution in [0.4, 0.5) is 0 Å². The van der Waals surface area contributed by atoms with Crippen molar-refractivity contribution < 1.29 is 24.2 Å². The van der Waals surface area contributed by atoms with Crippen LogP contribution < -0.4 is 5.32 Å². The Hall–Kier alpha value is -3.03. The number of esters is 1. The number of carbonyl (C=O) groups is 3. The smallest absolute Gasteiger partial charge is 0.303 e. The van der Waals surface area contributed by atoms with Crippen LogP contribution in [0.3, 0.4) is 0 Å². The first-order valence-corrected chi connectivity index (χ1v) is 11.2. The van der Waals surface area contributed by atoms with Crippen molar-refractivity contribution in [1.82, 2.24) is 15.1 Å². The Kier molecular flexibility index (Phi) is 5.65. The van der Waals surface area contributed by atoms with Gasteiger partial charge in [0.05, 0.1) is 0 Å². The zero-order valence-corrected chi connectivity index (χ0v) is 19.1. The van der Waals surface area contributed by atoms with Crippen LogP contribution in [0.2, 0.25) is 0 Å². The summed E-state index contributed by atoms with van der Waals surface area (Å²) in [5.74, 6) is -2.18. The highest BCUT2D eigenvalue weighted by atomic mass is 16.5. The highest BCUT2D eigenvalue weighted by Crippen LogP contribution is 2.48. The normalized spacial score (nSPS) is 23.7. The summed E-state index contributed by atoms with van der Waals surface area (Å²) < 4.78 is 5.98. The number of benzene rings is 1. The molecule has 1 saturated heterocycles. The van der Waals surface area contributed by atoms with Crippen LogP contribution in [-0.4, -0.2) is 65.1 Å². The van der Waals surface area contributed by atoms with Crippen LogP contribution in [0, 0.1) is 13.8 Å². The number of aliphatic hydroxyl groups is 1. The topological polar surface area (TPSA) is 99.2 Å². The maximum atomic E-state index is 12.8. The summed E-state index contributed by atoms with van der Waals surface area (Å²) in [6.45, 7) is 6.30. The van der Waals surface area contributed by atoms with Gasteiger partial charge >= 0.3 is 5.97 Å². The van der Waals surface area contributed by atoms with E-state index in [2.05, 4.69) is 23.5 Å². The molecule has 0 radical (unpaired) electrons. The maximum absolute atomic E-state index is 12.8. The van der Waals surface area contributed by atoms with Crippen molar-refractivity contribution >= 4 is 17.8 Å². The van der Waals surface area contributed by atoms with Crippen molar-refractivity contribution in [2.45, 2.75) is 64.1 Å². The average Bonchev–Trinajstić information content (AvgIpc) is 3.21. The van der Waals surface area contributed by atoms with Crippen LogP contribution in [0.5, 0.6) is 0 Å². The third-order valence-electron chi connectivity index (χ3n) is 6.98. The van der Waals surface area contributed by atoms with Crippen molar-refractivity contribution in [1.29, 1.82) is 0 Å². The van der Waals surface area contributed by atoms with Gasteiger partial charge in [0.2, 0.25) is 5.76 Å². The van der Waals surface area contributed by atoms with Crippen molar-refractivity contribution in [2.24, 2.45) is 0 Å². The van der Waals surface area contributed by atoms with E-state index in [0.29, 0.717) is 13.1 Å². The number of aliphatic hydroxyl groups excluding tert-OH is 1. The third kappa shape index (κ3) is 3.61. The molecule has 2 fully saturated rings. The second-order valence-corrected chi connectivity index (χ2v) is 9.31. The van der Waals surface area contributed by atoms with Crippen LogP contribution in [0.15, 0.2) is 29.7 Å². The van der Waals surface area contributed by atoms with Crippen molar-refractivity contribution in [3.05, 3.63) is 46.3 Å². The number of amides is 2. The van der Waals surface area contributed by atoms with Gasteiger partial charge in [0.25, 0.3) is 11.8 Å². The summed E-state index contributed by atoms with van der Waals surface area (Å²) in [6.07, 6.45) is 2.07. The molecule has 3 aliphatic rings. The van der Waals surface area contributed by atoms with Crippen LogP contribution >= 0.6 is 0 Å². The molecule has 2 atom stereocenters. The van der Waals surface area contributed by atoms with Gasteiger partial charge in [-0.25, -0.2) is 0 Å². The first-order chi connectivity index (χ1) is 15.1. The minimum Gasteiger partial charge on any atom is -0.501 e. The fourth-order valence-electron chi connectivity index (χ4n) is 5.58. The Balaban J connectivity index is 1.85. The summed E-state index contributed by atoms with van der Waals surface area (Å²) in [6, 6.07) is 6.36. The van der Waals surface area contributed by atoms with Crippen molar-refractivity contribution in [3.8, 4) is 0 Å². The molecule has 2 heterocycles. The van der Waals surface area contributed by atoms with E-state index < -0.39 is 41.2 Å². The molecule has 1 aromatic rings. The highest BCUT2D eigenvalue weighted by Gasteiger charge is 2.54. The molecule has 2 unspecified atom stereocenters. The molecule has 8 nitrogen and oxygen atoms in total. The molecule has 2 amide bonds. The number of nitrogens with zero attached hydrogens (tertiary/aromatic N) is 2. The number of nitrogens with one attached hydrogen (secondary N) is 1. The minimum absolute atomic E-state index is 0.0294. The van der Waals surface area contributed by atoms with Gasteiger partial charge in [-0.3, -0.25) is 14.4 Å². The van der Waals surface area contributed by atoms with E-state index in [-0.39, 0.29) is 5.70 Å². The molecule has 0 spiro atoms. The Labute approximate surface area is 188 Å². The predicted octanol–water partition coefficient (Wildman–Crippen LogP) is 2.05. The van der Waals surface area contributed by atoms with Gasteiger partial charge in [0.15, 0.2) is 5.70 Å². The molecular weight excluding hydrogens is 410 g/mol. The maximum Gasteiger partial charge on any atom is 0.303 e. The number of aryl methyl sites for hydroxylation is 2. The Morgan fingerprint density at radius 1 is 1.16 bits per heavy atom. The van der Waals surface area contributed by atoms with E-state index in [4.69, 9.17) is 4.74 Å². The first-order valence-electron chi connectivity index (χ1n) is 11.2. The van der Waals surface area contributed by atoms with E-state index >= 15 is 0 Å². The number of hydrogen-bond acceptors (Lipinski definition) is 6. The van der Waals surface area contributed by atoms with Gasteiger partial charge in [-0.2, -0.15) is 0 Å². The first kappa shape index (κ1) is 22.2. The van der Waals surface area contributed by atoms with Gasteiger partial charge in [-0.05, 0) is 32.3 Å². The van der Waals surface area contributed by atoms with E-state index in [0.717, 1.165) is 42.4 Å². The number of fused-ring (bicyclic) bond motifs is 1. The quantitative estimate of drug-likeness (QED) is 0.694. The van der Waals surface area contributed by atoms with Crippen LogP contribution in [-0.2, 0) is 24.5 Å². The average molecular weight is 442 g/mol. The van der Waals surface area contributed by atoms with Gasteiger partial charge in [-0.15, -0.1) is 0 Å². The highest BCUT2D eigenvalue weighted by molar-refractivity contribution is 6.04. The summed E-state index contributed by atoms with van der Waals surface area (Å²) in [4.78, 5) is 41.0. The number of hydrogen-bond donors (Lipinski definition) is 2. The number of rotatable bonds is 4. The molecule has 0 bridgehead atoms. The summed E-state index contributed by atoms with van der Waals surface area (Å²) in [5, 5.41) is 13.3. The molecule has 2 N–H and O–H groups in total. The molecule has 8 heteroatoms. The molecule has 32 heavy (non-hydrogen) atoms. The lowest BCUT2D eigenvalue weighted by Gasteiger charge is -2.50. The SMILES string of the molecule is CC(=O)OC(C1NC(=O)C(O)=C2C(=O)N(C)CCN21)C1(c2cc(C)cc(C)c2)CCCC1. The van der Waals surface area contributed by atoms with Crippen LogP contribution in [0.25, 0.3) is 0 Å². The number of ether oxygens (including phenoxy) is 1. The fourth-order valence-corrected chi connectivity index (χ4v) is 5.58. The number of piperazine rings is 1. The molecule has 1 aromatic carbocycles. The van der Waals surface area contributed by atoms with E-state index in [1.807, 2.05) is 13.8 Å². The Bertz CT molecular complexity index is 975. The molecule has 1 aliphatic carbocycles. The molecule has 4 rings (SSSR count). The van der Waals surface area contributed by atoms with Gasteiger partial charge in [0, 0.05) is 32.5 Å². The molecule has 1 saturated carbocycles. The van der Waals surface area contributed by atoms with Crippen molar-refractivity contribution in [2.75, 3.05) is 20.1 Å². The van der Waals surface area contributed by atoms with E-state index in [1.54, 1.807) is 11.9 Å². The molecule has 172 valence electrons. The zero-order valence-electron chi connectivity index (χ0n) is 19.1. The van der Waals surface area contributed by atoms with Gasteiger partial charge in [-0.1, -0.05) is 42.2 Å². The minimum atomic E-state index is -0.756.